The van der Waals surface area contributed by atoms with E-state index in [4.69, 9.17) is 4.74 Å². The quantitative estimate of drug-likeness (QED) is 0.852. The zero-order valence-corrected chi connectivity index (χ0v) is 10.3. The van der Waals surface area contributed by atoms with Gasteiger partial charge >= 0.3 is 5.97 Å². The Labute approximate surface area is 109 Å². The molecule has 1 aromatic carbocycles. The Kier molecular flexibility index (Phi) is 3.01. The van der Waals surface area contributed by atoms with Gasteiger partial charge < -0.3 is 4.74 Å². The number of ether oxygens (including phenoxy) is 1. The summed E-state index contributed by atoms with van der Waals surface area (Å²) in [4.78, 5) is 11.9. The third-order valence-electron chi connectivity index (χ3n) is 3.91. The first-order valence-electron chi connectivity index (χ1n) is 6.41. The second-order valence-corrected chi connectivity index (χ2v) is 5.25. The molecule has 1 saturated carbocycles. The van der Waals surface area contributed by atoms with Crippen LogP contribution >= 0.6 is 0 Å². The first-order valence-corrected chi connectivity index (χ1v) is 6.41. The highest BCUT2D eigenvalue weighted by Crippen LogP contribution is 2.45. The highest BCUT2D eigenvalue weighted by Gasteiger charge is 2.58. The average molecular weight is 267 g/mol. The van der Waals surface area contributed by atoms with Crippen LogP contribution in [0.15, 0.2) is 30.3 Å². The Hall–Kier alpha value is -1.49. The van der Waals surface area contributed by atoms with Crippen molar-refractivity contribution >= 4 is 5.97 Å². The summed E-state index contributed by atoms with van der Waals surface area (Å²) in [5.41, 5.74) is 0.893. The number of carbonyl (C=O) groups is 1. The fraction of sp³-hybridized carbons (Fsp3) is 0.500. The van der Waals surface area contributed by atoms with Gasteiger partial charge in [0.15, 0.2) is 0 Å². The number of fused-ring (bicyclic) bond motifs is 2. The van der Waals surface area contributed by atoms with Gasteiger partial charge in [-0.25, -0.2) is 8.78 Å². The molecule has 0 amide bonds. The summed E-state index contributed by atoms with van der Waals surface area (Å²) in [6.45, 7) is 0.186. The van der Waals surface area contributed by atoms with E-state index >= 15 is 0 Å². The molecule has 3 atom stereocenters. The normalized spacial score (nSPS) is 31.4. The maximum Gasteiger partial charge on any atom is 0.323 e. The lowest BCUT2D eigenvalue weighted by atomic mass is 9.99. The SMILES string of the molecule is O=C(OCc1ccccc1)[C@H]1NC2CC1CC2(F)F. The van der Waals surface area contributed by atoms with Crippen molar-refractivity contribution in [2.24, 2.45) is 5.92 Å². The molecule has 1 aliphatic heterocycles. The molecule has 3 rings (SSSR count). The van der Waals surface area contributed by atoms with Crippen molar-refractivity contribution in [1.82, 2.24) is 5.32 Å². The smallest absolute Gasteiger partial charge is 0.323 e. The number of piperidine rings is 1. The summed E-state index contributed by atoms with van der Waals surface area (Å²) >= 11 is 0. The number of hydrogen-bond acceptors (Lipinski definition) is 3. The summed E-state index contributed by atoms with van der Waals surface area (Å²) in [5.74, 6) is -3.41. The minimum Gasteiger partial charge on any atom is -0.460 e. The molecular weight excluding hydrogens is 252 g/mol. The molecule has 19 heavy (non-hydrogen) atoms. The molecular formula is C14H15F2NO2. The van der Waals surface area contributed by atoms with E-state index < -0.39 is 24.0 Å². The minimum absolute atomic E-state index is 0.186. The fourth-order valence-electron chi connectivity index (χ4n) is 2.93. The lowest BCUT2D eigenvalue weighted by Gasteiger charge is -2.27. The van der Waals surface area contributed by atoms with Crippen molar-refractivity contribution in [3.63, 3.8) is 0 Å². The van der Waals surface area contributed by atoms with E-state index in [1.165, 1.54) is 0 Å². The van der Waals surface area contributed by atoms with Crippen LogP contribution in [0.25, 0.3) is 0 Å². The van der Waals surface area contributed by atoms with Crippen LogP contribution in [0, 0.1) is 5.92 Å². The van der Waals surface area contributed by atoms with Crippen molar-refractivity contribution in [3.8, 4) is 0 Å². The monoisotopic (exact) mass is 267 g/mol. The van der Waals surface area contributed by atoms with Crippen LogP contribution in [0.4, 0.5) is 8.78 Å². The summed E-state index contributed by atoms with van der Waals surface area (Å²) in [6, 6.07) is 7.87. The van der Waals surface area contributed by atoms with Gasteiger partial charge in [0.05, 0.1) is 6.04 Å². The van der Waals surface area contributed by atoms with Crippen molar-refractivity contribution in [2.45, 2.75) is 37.5 Å². The zero-order chi connectivity index (χ0) is 13.5. The van der Waals surface area contributed by atoms with Gasteiger partial charge in [-0.15, -0.1) is 0 Å². The van der Waals surface area contributed by atoms with Crippen molar-refractivity contribution in [2.75, 3.05) is 0 Å². The number of halogens is 2. The Bertz CT molecular complexity index is 478. The van der Waals surface area contributed by atoms with Crippen LogP contribution in [0.1, 0.15) is 18.4 Å². The number of esters is 1. The molecule has 2 bridgehead atoms. The molecule has 2 unspecified atom stereocenters. The van der Waals surface area contributed by atoms with Gasteiger partial charge in [0.1, 0.15) is 12.6 Å². The van der Waals surface area contributed by atoms with Gasteiger partial charge in [0, 0.05) is 6.42 Å². The van der Waals surface area contributed by atoms with Crippen LogP contribution in [0.2, 0.25) is 0 Å². The molecule has 0 spiro atoms. The van der Waals surface area contributed by atoms with Gasteiger partial charge in [-0.05, 0) is 17.9 Å². The molecule has 1 N–H and O–H groups in total. The highest BCUT2D eigenvalue weighted by molar-refractivity contribution is 5.77. The first kappa shape index (κ1) is 12.5. The summed E-state index contributed by atoms with van der Waals surface area (Å²) in [6.07, 6.45) is 0.147. The average Bonchev–Trinajstić information content (AvgIpc) is 2.93. The molecule has 2 fully saturated rings. The number of benzene rings is 1. The summed E-state index contributed by atoms with van der Waals surface area (Å²) in [7, 11) is 0. The standard InChI is InChI=1S/C14H15F2NO2/c15-14(16)7-10-6-11(14)17-12(10)13(18)19-8-9-4-2-1-3-5-9/h1-5,10-12,17H,6-8H2/t10?,11?,12-/m0/s1. The fourth-order valence-corrected chi connectivity index (χ4v) is 2.93. The van der Waals surface area contributed by atoms with Crippen LogP contribution < -0.4 is 5.32 Å². The van der Waals surface area contributed by atoms with Crippen molar-refractivity contribution < 1.29 is 18.3 Å². The van der Waals surface area contributed by atoms with Crippen molar-refractivity contribution in [3.05, 3.63) is 35.9 Å². The third kappa shape index (κ3) is 2.34. The van der Waals surface area contributed by atoms with E-state index in [0.29, 0.717) is 6.42 Å². The van der Waals surface area contributed by atoms with Gasteiger partial charge in [0.2, 0.25) is 0 Å². The van der Waals surface area contributed by atoms with Gasteiger partial charge in [-0.1, -0.05) is 30.3 Å². The maximum atomic E-state index is 13.3. The van der Waals surface area contributed by atoms with E-state index in [1.807, 2.05) is 30.3 Å². The topological polar surface area (TPSA) is 38.3 Å². The van der Waals surface area contributed by atoms with Crippen LogP contribution in [0.5, 0.6) is 0 Å². The second-order valence-electron chi connectivity index (χ2n) is 5.25. The third-order valence-corrected chi connectivity index (χ3v) is 3.91. The molecule has 5 heteroatoms. The summed E-state index contributed by atoms with van der Waals surface area (Å²) < 4.78 is 31.8. The lowest BCUT2D eigenvalue weighted by molar-refractivity contribution is -0.150. The van der Waals surface area contributed by atoms with Gasteiger partial charge in [0.25, 0.3) is 5.92 Å². The molecule has 1 aliphatic carbocycles. The molecule has 1 saturated heterocycles. The van der Waals surface area contributed by atoms with Crippen molar-refractivity contribution in [1.29, 1.82) is 0 Å². The van der Waals surface area contributed by atoms with E-state index in [0.717, 1.165) is 5.56 Å². The maximum absolute atomic E-state index is 13.3. The predicted octanol–water partition coefficient (Wildman–Crippen LogP) is 2.12. The molecule has 2 aliphatic rings. The predicted molar refractivity (Wildman–Crippen MR) is 64.6 cm³/mol. The first-order chi connectivity index (χ1) is 9.06. The van der Waals surface area contributed by atoms with E-state index in [-0.39, 0.29) is 18.9 Å². The molecule has 3 nitrogen and oxygen atoms in total. The Balaban J connectivity index is 1.56. The molecule has 1 aromatic rings. The van der Waals surface area contributed by atoms with E-state index in [1.54, 1.807) is 0 Å². The lowest BCUT2D eigenvalue weighted by Crippen LogP contribution is -2.51. The molecule has 0 radical (unpaired) electrons. The van der Waals surface area contributed by atoms with Gasteiger partial charge in [-0.2, -0.15) is 0 Å². The Morgan fingerprint density at radius 1 is 1.37 bits per heavy atom. The van der Waals surface area contributed by atoms with Gasteiger partial charge in [-0.3, -0.25) is 10.1 Å². The molecule has 0 aromatic heterocycles. The largest absolute Gasteiger partial charge is 0.460 e. The molecule has 1 heterocycles. The number of nitrogens with one attached hydrogen (secondary N) is 1. The summed E-state index contributed by atoms with van der Waals surface area (Å²) in [5, 5.41) is 2.69. The number of alkyl halides is 2. The van der Waals surface area contributed by atoms with Crippen LogP contribution in [-0.4, -0.2) is 24.0 Å². The van der Waals surface area contributed by atoms with E-state index in [9.17, 15) is 13.6 Å². The number of rotatable bonds is 3. The van der Waals surface area contributed by atoms with Crippen LogP contribution in [-0.2, 0) is 16.1 Å². The Morgan fingerprint density at radius 3 is 2.68 bits per heavy atom. The van der Waals surface area contributed by atoms with E-state index in [2.05, 4.69) is 5.32 Å². The molecule has 102 valence electrons. The second kappa shape index (κ2) is 4.56. The Morgan fingerprint density at radius 2 is 2.11 bits per heavy atom. The minimum atomic E-state index is -2.68. The highest BCUT2D eigenvalue weighted by atomic mass is 19.3. The van der Waals surface area contributed by atoms with Crippen LogP contribution in [0.3, 0.4) is 0 Å². The zero-order valence-electron chi connectivity index (χ0n) is 10.3. The number of hydrogen-bond donors (Lipinski definition) is 1. The number of carbonyl (C=O) groups excluding carboxylic acids is 1.